The van der Waals surface area contributed by atoms with E-state index in [2.05, 4.69) is 22.9 Å². The Bertz CT molecular complexity index is 410. The Morgan fingerprint density at radius 2 is 1.71 bits per heavy atom. The van der Waals surface area contributed by atoms with E-state index >= 15 is 0 Å². The maximum atomic E-state index is 5.91. The number of nitrogens with two attached hydrogens (primary N) is 1. The van der Waals surface area contributed by atoms with Gasteiger partial charge in [0, 0.05) is 6.54 Å². The summed E-state index contributed by atoms with van der Waals surface area (Å²) in [7, 11) is 0. The van der Waals surface area contributed by atoms with Crippen molar-refractivity contribution < 1.29 is 9.47 Å². The van der Waals surface area contributed by atoms with Crippen LogP contribution < -0.4 is 15.2 Å². The van der Waals surface area contributed by atoms with E-state index < -0.39 is 0 Å². The van der Waals surface area contributed by atoms with Crippen LogP contribution >= 0.6 is 15.9 Å². The first-order chi connectivity index (χ1) is 10.2. The van der Waals surface area contributed by atoms with Crippen molar-refractivity contribution in [2.24, 2.45) is 5.73 Å². The molecule has 3 nitrogen and oxygen atoms in total. The fourth-order valence-electron chi connectivity index (χ4n) is 2.20. The van der Waals surface area contributed by atoms with Crippen molar-refractivity contribution in [1.29, 1.82) is 0 Å². The number of halogens is 1. The molecule has 0 bridgehead atoms. The van der Waals surface area contributed by atoms with Gasteiger partial charge in [-0.1, -0.05) is 39.0 Å². The van der Waals surface area contributed by atoms with Crippen molar-refractivity contribution in [1.82, 2.24) is 0 Å². The number of rotatable bonds is 11. The highest BCUT2D eigenvalue weighted by Crippen LogP contribution is 2.37. The summed E-state index contributed by atoms with van der Waals surface area (Å²) < 4.78 is 12.5. The molecular weight excluding hydrogens is 330 g/mol. The predicted octanol–water partition coefficient (Wildman–Crippen LogP) is 5.05. The van der Waals surface area contributed by atoms with E-state index in [1.165, 1.54) is 32.1 Å². The molecule has 21 heavy (non-hydrogen) atoms. The fourth-order valence-corrected chi connectivity index (χ4v) is 2.80. The highest BCUT2D eigenvalue weighted by Gasteiger charge is 2.11. The molecule has 120 valence electrons. The second-order valence-corrected chi connectivity index (χ2v) is 6.01. The van der Waals surface area contributed by atoms with Gasteiger partial charge < -0.3 is 15.2 Å². The minimum atomic E-state index is 0.496. The number of unbranched alkanes of at least 4 members (excludes halogenated alkanes) is 5. The number of benzene rings is 1. The molecule has 0 unspecified atom stereocenters. The molecule has 0 radical (unpaired) electrons. The van der Waals surface area contributed by atoms with Gasteiger partial charge in [0.2, 0.25) is 0 Å². The first-order valence-electron chi connectivity index (χ1n) is 8.01. The summed E-state index contributed by atoms with van der Waals surface area (Å²) >= 11 is 3.55. The molecule has 2 N–H and O–H groups in total. The van der Waals surface area contributed by atoms with E-state index in [0.29, 0.717) is 13.2 Å². The zero-order valence-corrected chi connectivity index (χ0v) is 14.9. The molecule has 0 aromatic heterocycles. The smallest absolute Gasteiger partial charge is 0.175 e. The molecule has 0 amide bonds. The van der Waals surface area contributed by atoms with Gasteiger partial charge in [-0.15, -0.1) is 0 Å². The standard InChI is InChI=1S/C17H28BrNO2/c1-3-5-6-7-8-9-10-21-17-15(18)11-14(13-19)12-16(17)20-4-2/h11-12H,3-10,13,19H2,1-2H3. The van der Waals surface area contributed by atoms with Gasteiger partial charge in [-0.3, -0.25) is 0 Å². The largest absolute Gasteiger partial charge is 0.490 e. The van der Waals surface area contributed by atoms with E-state index in [1.54, 1.807) is 0 Å². The zero-order chi connectivity index (χ0) is 15.5. The molecule has 1 aromatic rings. The van der Waals surface area contributed by atoms with Gasteiger partial charge in [0.1, 0.15) is 0 Å². The Morgan fingerprint density at radius 1 is 1.00 bits per heavy atom. The van der Waals surface area contributed by atoms with Crippen LogP contribution in [-0.4, -0.2) is 13.2 Å². The maximum Gasteiger partial charge on any atom is 0.175 e. The number of ether oxygens (including phenoxy) is 2. The molecular formula is C17H28BrNO2. The van der Waals surface area contributed by atoms with E-state index in [9.17, 15) is 0 Å². The normalized spacial score (nSPS) is 10.7. The Morgan fingerprint density at radius 3 is 2.38 bits per heavy atom. The van der Waals surface area contributed by atoms with Crippen LogP contribution in [0.3, 0.4) is 0 Å². The minimum absolute atomic E-state index is 0.496. The second-order valence-electron chi connectivity index (χ2n) is 5.16. The van der Waals surface area contributed by atoms with Gasteiger partial charge >= 0.3 is 0 Å². The molecule has 0 aliphatic rings. The molecule has 0 saturated heterocycles. The molecule has 0 heterocycles. The first-order valence-corrected chi connectivity index (χ1v) is 8.80. The lowest BCUT2D eigenvalue weighted by Gasteiger charge is -2.15. The SMILES string of the molecule is CCCCCCCCOc1c(Br)cc(CN)cc1OCC. The monoisotopic (exact) mass is 357 g/mol. The molecule has 1 aromatic carbocycles. The van der Waals surface area contributed by atoms with Crippen LogP contribution in [-0.2, 0) is 6.54 Å². The third-order valence-corrected chi connectivity index (χ3v) is 3.94. The average Bonchev–Trinajstić information content (AvgIpc) is 2.48. The summed E-state index contributed by atoms with van der Waals surface area (Å²) in [5.41, 5.74) is 6.74. The quantitative estimate of drug-likeness (QED) is 0.563. The highest BCUT2D eigenvalue weighted by molar-refractivity contribution is 9.10. The van der Waals surface area contributed by atoms with Crippen LogP contribution in [0.5, 0.6) is 11.5 Å². The number of hydrogen-bond acceptors (Lipinski definition) is 3. The summed E-state index contributed by atoms with van der Waals surface area (Å²) in [5.74, 6) is 1.57. The summed E-state index contributed by atoms with van der Waals surface area (Å²) in [4.78, 5) is 0. The Labute approximate surface area is 137 Å². The van der Waals surface area contributed by atoms with E-state index in [-0.39, 0.29) is 0 Å². The second kappa shape index (κ2) is 10.9. The Balaban J connectivity index is 2.49. The number of hydrogen-bond donors (Lipinski definition) is 1. The van der Waals surface area contributed by atoms with Crippen molar-refractivity contribution in [3.05, 3.63) is 22.2 Å². The van der Waals surface area contributed by atoms with Gasteiger partial charge in [0.15, 0.2) is 11.5 Å². The molecule has 1 rings (SSSR count). The lowest BCUT2D eigenvalue weighted by molar-refractivity contribution is 0.268. The van der Waals surface area contributed by atoms with Crippen molar-refractivity contribution in [3.63, 3.8) is 0 Å². The zero-order valence-electron chi connectivity index (χ0n) is 13.3. The van der Waals surface area contributed by atoms with Crippen molar-refractivity contribution in [3.8, 4) is 11.5 Å². The van der Waals surface area contributed by atoms with Crippen LogP contribution in [0.15, 0.2) is 16.6 Å². The Kier molecular flexibility index (Phi) is 9.51. The molecule has 0 spiro atoms. The van der Waals surface area contributed by atoms with Crippen LogP contribution in [0, 0.1) is 0 Å². The minimum Gasteiger partial charge on any atom is -0.490 e. The van der Waals surface area contributed by atoms with E-state index in [1.807, 2.05) is 19.1 Å². The first kappa shape index (κ1) is 18.3. The van der Waals surface area contributed by atoms with Gasteiger partial charge in [-0.05, 0) is 47.0 Å². The molecule has 0 saturated carbocycles. The van der Waals surface area contributed by atoms with Gasteiger partial charge in [0.05, 0.1) is 17.7 Å². The molecule has 0 aliphatic carbocycles. The predicted molar refractivity (Wildman–Crippen MR) is 92.1 cm³/mol. The Hall–Kier alpha value is -0.740. The van der Waals surface area contributed by atoms with E-state index in [0.717, 1.165) is 34.6 Å². The van der Waals surface area contributed by atoms with Crippen LogP contribution in [0.1, 0.15) is 57.9 Å². The third-order valence-electron chi connectivity index (χ3n) is 3.35. The van der Waals surface area contributed by atoms with Crippen molar-refractivity contribution >= 4 is 15.9 Å². The van der Waals surface area contributed by atoms with Crippen LogP contribution in [0.4, 0.5) is 0 Å². The van der Waals surface area contributed by atoms with Gasteiger partial charge in [-0.2, -0.15) is 0 Å². The van der Waals surface area contributed by atoms with Crippen molar-refractivity contribution in [2.45, 2.75) is 58.9 Å². The van der Waals surface area contributed by atoms with Gasteiger partial charge in [0.25, 0.3) is 0 Å². The third kappa shape index (κ3) is 6.70. The maximum absolute atomic E-state index is 5.91. The molecule has 0 fully saturated rings. The van der Waals surface area contributed by atoms with E-state index in [4.69, 9.17) is 15.2 Å². The van der Waals surface area contributed by atoms with Crippen molar-refractivity contribution in [2.75, 3.05) is 13.2 Å². The summed E-state index contributed by atoms with van der Waals surface area (Å²) in [6, 6.07) is 3.96. The fraction of sp³-hybridized carbons (Fsp3) is 0.647. The molecule has 4 heteroatoms. The molecule has 0 aliphatic heterocycles. The van der Waals surface area contributed by atoms with Crippen LogP contribution in [0.2, 0.25) is 0 Å². The highest BCUT2D eigenvalue weighted by atomic mass is 79.9. The lowest BCUT2D eigenvalue weighted by atomic mass is 10.1. The summed E-state index contributed by atoms with van der Waals surface area (Å²) in [6.45, 7) is 6.05. The topological polar surface area (TPSA) is 44.5 Å². The lowest BCUT2D eigenvalue weighted by Crippen LogP contribution is -2.04. The summed E-state index contributed by atoms with van der Waals surface area (Å²) in [6.07, 6.45) is 7.55. The van der Waals surface area contributed by atoms with Gasteiger partial charge in [-0.25, -0.2) is 0 Å². The molecule has 0 atom stereocenters. The summed E-state index contributed by atoms with van der Waals surface area (Å²) in [5, 5.41) is 0. The average molecular weight is 358 g/mol. The van der Waals surface area contributed by atoms with Crippen LogP contribution in [0.25, 0.3) is 0 Å².